The first kappa shape index (κ1) is 18.5. The lowest BCUT2D eigenvalue weighted by atomic mass is 10.2. The first-order valence-corrected chi connectivity index (χ1v) is 10.0. The minimum Gasteiger partial charge on any atom is -0.495 e. The zero-order chi connectivity index (χ0) is 19.3. The molecule has 2 fully saturated rings. The highest BCUT2D eigenvalue weighted by Crippen LogP contribution is 2.28. The van der Waals surface area contributed by atoms with Crippen molar-refractivity contribution in [1.29, 1.82) is 0 Å². The molecule has 1 aromatic carbocycles. The number of hydrogen-bond donors (Lipinski definition) is 1. The molecular weight excluding hydrogens is 354 g/mol. The van der Waals surface area contributed by atoms with Crippen LogP contribution in [0.3, 0.4) is 0 Å². The number of para-hydroxylation sites is 2. The fraction of sp³-hybridized carbons (Fsp3) is 0.476. The zero-order valence-corrected chi connectivity index (χ0v) is 16.3. The van der Waals surface area contributed by atoms with E-state index in [0.29, 0.717) is 5.69 Å². The van der Waals surface area contributed by atoms with E-state index in [9.17, 15) is 4.79 Å². The summed E-state index contributed by atoms with van der Waals surface area (Å²) in [7, 11) is 1.70. The van der Waals surface area contributed by atoms with Crippen molar-refractivity contribution in [3.05, 3.63) is 42.1 Å². The lowest BCUT2D eigenvalue weighted by Gasteiger charge is -2.37. The van der Waals surface area contributed by atoms with E-state index >= 15 is 0 Å². The van der Waals surface area contributed by atoms with E-state index in [1.165, 1.54) is 12.8 Å². The molecule has 1 saturated heterocycles. The lowest BCUT2D eigenvalue weighted by Crippen LogP contribution is -2.47. The molecule has 1 N–H and O–H groups in total. The van der Waals surface area contributed by atoms with Crippen LogP contribution in [0.15, 0.2) is 36.4 Å². The maximum Gasteiger partial charge on any atom is 0.272 e. The molecule has 0 bridgehead atoms. The summed E-state index contributed by atoms with van der Waals surface area (Å²) in [5.41, 5.74) is 1.51. The molecule has 2 aliphatic rings. The van der Waals surface area contributed by atoms with Gasteiger partial charge in [-0.1, -0.05) is 25.0 Å². The molecule has 0 unspecified atom stereocenters. The monoisotopic (exact) mass is 381 g/mol. The Hall–Kier alpha value is -2.83. The number of aromatic nitrogens is 2. The fourth-order valence-electron chi connectivity index (χ4n) is 4.01. The number of piperazine rings is 1. The summed E-state index contributed by atoms with van der Waals surface area (Å²) in [5, 5.41) is 11.5. The Morgan fingerprint density at radius 3 is 2.39 bits per heavy atom. The second-order valence-electron chi connectivity index (χ2n) is 7.38. The van der Waals surface area contributed by atoms with Gasteiger partial charge >= 0.3 is 0 Å². The highest BCUT2D eigenvalue weighted by Gasteiger charge is 2.22. The largest absolute Gasteiger partial charge is 0.495 e. The van der Waals surface area contributed by atoms with Gasteiger partial charge < -0.3 is 19.9 Å². The quantitative estimate of drug-likeness (QED) is 0.858. The number of hydrogen-bond acceptors (Lipinski definition) is 6. The summed E-state index contributed by atoms with van der Waals surface area (Å²) in [6.45, 7) is 3.46. The van der Waals surface area contributed by atoms with E-state index in [4.69, 9.17) is 4.74 Å². The predicted octanol–water partition coefficient (Wildman–Crippen LogP) is 2.48. The van der Waals surface area contributed by atoms with E-state index in [0.717, 1.165) is 56.3 Å². The van der Waals surface area contributed by atoms with Crippen molar-refractivity contribution in [1.82, 2.24) is 15.5 Å². The second kappa shape index (κ2) is 8.46. The van der Waals surface area contributed by atoms with Gasteiger partial charge in [0, 0.05) is 32.2 Å². The molecule has 0 radical (unpaired) electrons. The number of ether oxygens (including phenoxy) is 1. The van der Waals surface area contributed by atoms with Crippen molar-refractivity contribution < 1.29 is 9.53 Å². The van der Waals surface area contributed by atoms with Crippen LogP contribution < -0.4 is 19.9 Å². The Kier molecular flexibility index (Phi) is 5.60. The van der Waals surface area contributed by atoms with Crippen LogP contribution in [0.2, 0.25) is 0 Å². The van der Waals surface area contributed by atoms with Crippen molar-refractivity contribution in [3.8, 4) is 5.75 Å². The normalized spacial score (nSPS) is 17.6. The number of carbonyl (C=O) groups is 1. The molecule has 1 aliphatic carbocycles. The summed E-state index contributed by atoms with van der Waals surface area (Å²) in [4.78, 5) is 16.8. The molecule has 1 amide bonds. The Morgan fingerprint density at radius 1 is 1.00 bits per heavy atom. The van der Waals surface area contributed by atoms with E-state index in [-0.39, 0.29) is 11.9 Å². The Labute approximate surface area is 165 Å². The Bertz CT molecular complexity index is 797. The van der Waals surface area contributed by atoms with Gasteiger partial charge in [0.2, 0.25) is 0 Å². The van der Waals surface area contributed by atoms with Crippen LogP contribution in [0.1, 0.15) is 36.2 Å². The van der Waals surface area contributed by atoms with Crippen molar-refractivity contribution in [3.63, 3.8) is 0 Å². The third-order valence-electron chi connectivity index (χ3n) is 5.60. The van der Waals surface area contributed by atoms with Gasteiger partial charge in [-0.25, -0.2) is 0 Å². The minimum absolute atomic E-state index is 0.119. The SMILES string of the molecule is COc1ccccc1N1CCN(c2ccc(C(=O)NC3CCCC3)nn2)CC1. The number of methoxy groups -OCH3 is 1. The summed E-state index contributed by atoms with van der Waals surface area (Å²) < 4.78 is 5.48. The third-order valence-corrected chi connectivity index (χ3v) is 5.60. The van der Waals surface area contributed by atoms with Gasteiger partial charge in [-0.15, -0.1) is 10.2 Å². The average molecular weight is 381 g/mol. The standard InChI is InChI=1S/C21H27N5O2/c1-28-19-9-5-4-8-18(19)25-12-14-26(15-13-25)20-11-10-17(23-24-20)21(27)22-16-6-2-3-7-16/h4-5,8-11,16H,2-3,6-7,12-15H2,1H3,(H,22,27). The molecular formula is C21H27N5O2. The molecule has 1 aliphatic heterocycles. The van der Waals surface area contributed by atoms with Crippen LogP contribution in [0.5, 0.6) is 5.75 Å². The molecule has 2 aromatic rings. The first-order chi connectivity index (χ1) is 13.7. The predicted molar refractivity (Wildman–Crippen MR) is 109 cm³/mol. The van der Waals surface area contributed by atoms with Gasteiger partial charge in [-0.05, 0) is 37.1 Å². The van der Waals surface area contributed by atoms with Gasteiger partial charge in [0.25, 0.3) is 5.91 Å². The maximum absolute atomic E-state index is 12.3. The number of nitrogens with one attached hydrogen (secondary N) is 1. The molecule has 7 heteroatoms. The van der Waals surface area contributed by atoms with Gasteiger partial charge in [0.15, 0.2) is 11.5 Å². The van der Waals surface area contributed by atoms with Crippen LogP contribution >= 0.6 is 0 Å². The lowest BCUT2D eigenvalue weighted by molar-refractivity contribution is 0.0932. The highest BCUT2D eigenvalue weighted by molar-refractivity contribution is 5.92. The number of rotatable bonds is 5. The number of anilines is 2. The van der Waals surface area contributed by atoms with Crippen LogP contribution in [0, 0.1) is 0 Å². The third kappa shape index (κ3) is 4.03. The molecule has 0 spiro atoms. The van der Waals surface area contributed by atoms with Crippen molar-refractivity contribution in [2.24, 2.45) is 0 Å². The summed E-state index contributed by atoms with van der Waals surface area (Å²) >= 11 is 0. The summed E-state index contributed by atoms with van der Waals surface area (Å²) in [6, 6.07) is 12.1. The van der Waals surface area contributed by atoms with E-state index in [2.05, 4.69) is 31.4 Å². The molecule has 2 heterocycles. The Morgan fingerprint density at radius 2 is 1.71 bits per heavy atom. The topological polar surface area (TPSA) is 70.6 Å². The molecule has 148 valence electrons. The maximum atomic E-state index is 12.3. The zero-order valence-electron chi connectivity index (χ0n) is 16.3. The summed E-state index contributed by atoms with van der Waals surface area (Å²) in [6.07, 6.45) is 4.51. The first-order valence-electron chi connectivity index (χ1n) is 10.0. The summed E-state index contributed by atoms with van der Waals surface area (Å²) in [5.74, 6) is 1.59. The van der Waals surface area contributed by atoms with Crippen molar-refractivity contribution in [2.45, 2.75) is 31.7 Å². The van der Waals surface area contributed by atoms with E-state index < -0.39 is 0 Å². The van der Waals surface area contributed by atoms with Gasteiger partial charge in [-0.2, -0.15) is 0 Å². The second-order valence-corrected chi connectivity index (χ2v) is 7.38. The van der Waals surface area contributed by atoms with E-state index in [1.54, 1.807) is 13.2 Å². The Balaban J connectivity index is 1.35. The molecule has 7 nitrogen and oxygen atoms in total. The molecule has 1 aromatic heterocycles. The van der Waals surface area contributed by atoms with Gasteiger partial charge in [-0.3, -0.25) is 4.79 Å². The van der Waals surface area contributed by atoms with Crippen LogP contribution in [-0.4, -0.2) is 55.4 Å². The number of nitrogens with zero attached hydrogens (tertiary/aromatic N) is 4. The van der Waals surface area contributed by atoms with Crippen LogP contribution in [0.25, 0.3) is 0 Å². The number of carbonyl (C=O) groups excluding carboxylic acids is 1. The smallest absolute Gasteiger partial charge is 0.272 e. The molecule has 1 saturated carbocycles. The van der Waals surface area contributed by atoms with Crippen LogP contribution in [-0.2, 0) is 0 Å². The average Bonchev–Trinajstić information content (AvgIpc) is 3.27. The molecule has 4 rings (SSSR count). The van der Waals surface area contributed by atoms with Crippen LogP contribution in [0.4, 0.5) is 11.5 Å². The fourth-order valence-corrected chi connectivity index (χ4v) is 4.01. The highest BCUT2D eigenvalue weighted by atomic mass is 16.5. The number of amides is 1. The number of benzene rings is 1. The van der Waals surface area contributed by atoms with E-state index in [1.807, 2.05) is 24.3 Å². The van der Waals surface area contributed by atoms with Crippen molar-refractivity contribution in [2.75, 3.05) is 43.1 Å². The minimum atomic E-state index is -0.119. The van der Waals surface area contributed by atoms with Crippen molar-refractivity contribution >= 4 is 17.4 Å². The van der Waals surface area contributed by atoms with Gasteiger partial charge in [0.05, 0.1) is 12.8 Å². The molecule has 0 atom stereocenters. The van der Waals surface area contributed by atoms with Gasteiger partial charge in [0.1, 0.15) is 5.75 Å². The molecule has 28 heavy (non-hydrogen) atoms.